The first-order chi connectivity index (χ1) is 13.9. The van der Waals surface area contributed by atoms with E-state index in [-0.39, 0.29) is 28.8 Å². The van der Waals surface area contributed by atoms with Crippen LogP contribution < -0.4 is 10.6 Å². The van der Waals surface area contributed by atoms with E-state index in [4.69, 9.17) is 0 Å². The van der Waals surface area contributed by atoms with Crippen molar-refractivity contribution in [1.29, 1.82) is 0 Å². The highest BCUT2D eigenvalue weighted by Crippen LogP contribution is 2.61. The lowest BCUT2D eigenvalue weighted by Gasteiger charge is -2.61. The van der Waals surface area contributed by atoms with Crippen molar-refractivity contribution in [3.63, 3.8) is 0 Å². The first-order valence-electron chi connectivity index (χ1n) is 11.2. The standard InChI is InChI=1S/C23H35N3O2S/c1-4-26(5-2)20(19-6-7-29-14-19)13-24-21(28)22-9-17-8-18(10-22)12-23(11-17,15-22)25-16(3)27/h6-7,14,17-18,20H,4-5,8-13,15H2,1-3H3,(H,24,28)(H,25,27)/t17-,18-,20-,22?,23?/m0/s1. The summed E-state index contributed by atoms with van der Waals surface area (Å²) in [4.78, 5) is 27.8. The zero-order valence-electron chi connectivity index (χ0n) is 18.0. The van der Waals surface area contributed by atoms with Crippen molar-refractivity contribution in [3.05, 3.63) is 22.4 Å². The second kappa shape index (κ2) is 8.03. The van der Waals surface area contributed by atoms with Gasteiger partial charge in [-0.3, -0.25) is 14.5 Å². The largest absolute Gasteiger partial charge is 0.354 e. The highest BCUT2D eigenvalue weighted by molar-refractivity contribution is 7.07. The Labute approximate surface area is 178 Å². The van der Waals surface area contributed by atoms with Gasteiger partial charge in [0.05, 0.1) is 11.5 Å². The molecule has 3 atom stereocenters. The average Bonchev–Trinajstić information content (AvgIpc) is 3.17. The van der Waals surface area contributed by atoms with Crippen LogP contribution in [0.5, 0.6) is 0 Å². The van der Waals surface area contributed by atoms with Crippen molar-refractivity contribution in [2.75, 3.05) is 19.6 Å². The summed E-state index contributed by atoms with van der Waals surface area (Å²) < 4.78 is 0. The third-order valence-electron chi connectivity index (χ3n) is 7.62. The number of hydrogen-bond donors (Lipinski definition) is 2. The molecule has 6 heteroatoms. The van der Waals surface area contributed by atoms with Gasteiger partial charge >= 0.3 is 0 Å². The topological polar surface area (TPSA) is 61.4 Å². The van der Waals surface area contributed by atoms with Crippen molar-refractivity contribution >= 4 is 23.2 Å². The predicted molar refractivity (Wildman–Crippen MR) is 117 cm³/mol. The Hall–Kier alpha value is -1.40. The average molecular weight is 418 g/mol. The molecule has 5 nitrogen and oxygen atoms in total. The van der Waals surface area contributed by atoms with E-state index < -0.39 is 0 Å². The van der Waals surface area contributed by atoms with Gasteiger partial charge in [0.15, 0.2) is 0 Å². The fourth-order valence-electron chi connectivity index (χ4n) is 7.01. The summed E-state index contributed by atoms with van der Waals surface area (Å²) in [7, 11) is 0. The van der Waals surface area contributed by atoms with Crippen LogP contribution in [0.25, 0.3) is 0 Å². The molecule has 2 amide bonds. The van der Waals surface area contributed by atoms with Gasteiger partial charge in [-0.2, -0.15) is 11.3 Å². The number of hydrogen-bond acceptors (Lipinski definition) is 4. The molecule has 29 heavy (non-hydrogen) atoms. The SMILES string of the molecule is CCN(CC)[C@@H](CNC(=O)C12C[C@@H]3C[C@H](CC(NC(C)=O)(C3)C1)C2)c1ccsc1. The van der Waals surface area contributed by atoms with Crippen LogP contribution in [0.15, 0.2) is 16.8 Å². The van der Waals surface area contributed by atoms with Crippen LogP contribution in [0.2, 0.25) is 0 Å². The zero-order valence-corrected chi connectivity index (χ0v) is 18.8. The number of amides is 2. The van der Waals surface area contributed by atoms with Crippen molar-refractivity contribution < 1.29 is 9.59 Å². The Morgan fingerprint density at radius 1 is 1.21 bits per heavy atom. The number of rotatable bonds is 8. The van der Waals surface area contributed by atoms with Crippen molar-refractivity contribution in [2.24, 2.45) is 17.3 Å². The Morgan fingerprint density at radius 2 is 1.90 bits per heavy atom. The van der Waals surface area contributed by atoms with E-state index in [1.54, 1.807) is 18.3 Å². The van der Waals surface area contributed by atoms with E-state index in [0.717, 1.165) is 45.2 Å². The van der Waals surface area contributed by atoms with Gasteiger partial charge in [-0.1, -0.05) is 13.8 Å². The summed E-state index contributed by atoms with van der Waals surface area (Å²) in [6, 6.07) is 2.40. The van der Waals surface area contributed by atoms with E-state index in [1.807, 2.05) is 0 Å². The summed E-state index contributed by atoms with van der Waals surface area (Å²) in [6.07, 6.45) is 6.13. The van der Waals surface area contributed by atoms with Crippen molar-refractivity contribution in [3.8, 4) is 0 Å². The van der Waals surface area contributed by atoms with E-state index >= 15 is 0 Å². The first-order valence-corrected chi connectivity index (χ1v) is 12.2. The quantitative estimate of drug-likeness (QED) is 0.678. The molecule has 1 aromatic rings. The Kier molecular flexibility index (Phi) is 5.77. The molecule has 0 aromatic carbocycles. The van der Waals surface area contributed by atoms with Crippen LogP contribution in [-0.4, -0.2) is 41.9 Å². The maximum atomic E-state index is 13.6. The van der Waals surface area contributed by atoms with Gasteiger partial charge in [0.2, 0.25) is 11.8 Å². The molecule has 0 radical (unpaired) electrons. The maximum absolute atomic E-state index is 13.6. The molecular weight excluding hydrogens is 382 g/mol. The van der Waals surface area contributed by atoms with Crippen LogP contribution in [0.4, 0.5) is 0 Å². The van der Waals surface area contributed by atoms with Crippen molar-refractivity contribution in [2.45, 2.75) is 70.9 Å². The fourth-order valence-corrected chi connectivity index (χ4v) is 7.72. The molecule has 0 unspecified atom stereocenters. The molecule has 4 aliphatic carbocycles. The lowest BCUT2D eigenvalue weighted by molar-refractivity contribution is -0.153. The van der Waals surface area contributed by atoms with Gasteiger partial charge in [-0.05, 0) is 85.8 Å². The van der Waals surface area contributed by atoms with Gasteiger partial charge in [-0.15, -0.1) is 0 Å². The first kappa shape index (κ1) is 20.9. The molecule has 4 aliphatic rings. The number of thiophene rings is 1. The van der Waals surface area contributed by atoms with E-state index in [2.05, 4.69) is 46.2 Å². The van der Waals surface area contributed by atoms with Gasteiger partial charge in [0, 0.05) is 19.0 Å². The normalized spacial score (nSPS) is 33.7. The minimum Gasteiger partial charge on any atom is -0.354 e. The van der Waals surface area contributed by atoms with Crippen LogP contribution in [0, 0.1) is 17.3 Å². The number of carbonyl (C=O) groups is 2. The summed E-state index contributed by atoms with van der Waals surface area (Å²) in [6.45, 7) is 8.56. The molecule has 1 aromatic heterocycles. The number of likely N-dealkylation sites (N-methyl/N-ethyl adjacent to an activating group) is 1. The highest BCUT2D eigenvalue weighted by atomic mass is 32.1. The van der Waals surface area contributed by atoms with Crippen LogP contribution >= 0.6 is 11.3 Å². The molecule has 0 saturated heterocycles. The maximum Gasteiger partial charge on any atom is 0.226 e. The Balaban J connectivity index is 1.49. The van der Waals surface area contributed by atoms with Gasteiger partial charge in [0.1, 0.15) is 0 Å². The highest BCUT2D eigenvalue weighted by Gasteiger charge is 2.60. The molecule has 0 aliphatic heterocycles. The summed E-state index contributed by atoms with van der Waals surface area (Å²) in [5, 5.41) is 10.9. The second-order valence-corrected chi connectivity index (χ2v) is 10.5. The van der Waals surface area contributed by atoms with Crippen LogP contribution in [0.3, 0.4) is 0 Å². The second-order valence-electron chi connectivity index (χ2n) is 9.71. The monoisotopic (exact) mass is 417 g/mol. The molecule has 5 rings (SSSR count). The molecule has 0 spiro atoms. The molecule has 4 saturated carbocycles. The minimum atomic E-state index is -0.297. The molecular formula is C23H35N3O2S. The van der Waals surface area contributed by atoms with Gasteiger partial charge in [-0.25, -0.2) is 0 Å². The third-order valence-corrected chi connectivity index (χ3v) is 8.32. The summed E-state index contributed by atoms with van der Waals surface area (Å²) in [5.41, 5.74) is 0.840. The predicted octanol–water partition coefficient (Wildman–Crippen LogP) is 3.72. The van der Waals surface area contributed by atoms with Crippen LogP contribution in [-0.2, 0) is 9.59 Å². The smallest absolute Gasteiger partial charge is 0.226 e. The van der Waals surface area contributed by atoms with Gasteiger partial charge in [0.25, 0.3) is 0 Å². The number of nitrogens with one attached hydrogen (secondary N) is 2. The van der Waals surface area contributed by atoms with E-state index in [0.29, 0.717) is 18.4 Å². The third kappa shape index (κ3) is 3.98. The van der Waals surface area contributed by atoms with Crippen molar-refractivity contribution in [1.82, 2.24) is 15.5 Å². The molecule has 1 heterocycles. The summed E-state index contributed by atoms with van der Waals surface area (Å²) in [5.74, 6) is 1.41. The minimum absolute atomic E-state index is 0.0431. The summed E-state index contributed by atoms with van der Waals surface area (Å²) >= 11 is 1.71. The molecule has 160 valence electrons. The van der Waals surface area contributed by atoms with Gasteiger partial charge < -0.3 is 10.6 Å². The number of nitrogens with zero attached hydrogens (tertiary/aromatic N) is 1. The van der Waals surface area contributed by atoms with E-state index in [1.165, 1.54) is 12.0 Å². The zero-order chi connectivity index (χ0) is 20.6. The van der Waals surface area contributed by atoms with E-state index in [9.17, 15) is 9.59 Å². The molecule has 4 bridgehead atoms. The Bertz CT molecular complexity index is 729. The Morgan fingerprint density at radius 3 is 2.45 bits per heavy atom. The molecule has 4 fully saturated rings. The fraction of sp³-hybridized carbons (Fsp3) is 0.739. The molecule has 2 N–H and O–H groups in total. The lowest BCUT2D eigenvalue weighted by Crippen LogP contribution is -2.66. The van der Waals surface area contributed by atoms with Crippen LogP contribution in [0.1, 0.15) is 70.9 Å². The number of carbonyl (C=O) groups excluding carboxylic acids is 2. The lowest BCUT2D eigenvalue weighted by atomic mass is 9.46.